The summed E-state index contributed by atoms with van der Waals surface area (Å²) in [5.41, 5.74) is 3.37. The van der Waals surface area contributed by atoms with Gasteiger partial charge in [0.15, 0.2) is 5.96 Å². The summed E-state index contributed by atoms with van der Waals surface area (Å²) in [6.07, 6.45) is 1.62. The van der Waals surface area contributed by atoms with Crippen molar-refractivity contribution >= 4 is 29.9 Å². The lowest BCUT2D eigenvalue weighted by Crippen LogP contribution is -2.52. The maximum atomic E-state index is 5.61. The number of aliphatic imine (C=N–C) groups is 1. The van der Waals surface area contributed by atoms with Crippen LogP contribution in [0.4, 0.5) is 0 Å². The number of aryl methyl sites for hydroxylation is 1. The topological polar surface area (TPSA) is 66.1 Å². The average molecular weight is 499 g/mol. The van der Waals surface area contributed by atoms with Crippen molar-refractivity contribution in [2.45, 2.75) is 26.9 Å². The fraction of sp³-hybridized carbons (Fsp3) is 0.500. The predicted molar refractivity (Wildman–Crippen MR) is 121 cm³/mol. The van der Waals surface area contributed by atoms with Crippen LogP contribution in [0.3, 0.4) is 0 Å². The molecule has 1 N–H and O–H groups in total. The number of hydrogen-bond donors (Lipinski definition) is 1. The van der Waals surface area contributed by atoms with Gasteiger partial charge in [-0.15, -0.1) is 24.0 Å². The predicted octanol–water partition coefficient (Wildman–Crippen LogP) is 2.89. The molecule has 28 heavy (non-hydrogen) atoms. The molecule has 0 bridgehead atoms. The Hall–Kier alpha value is -1.81. The van der Waals surface area contributed by atoms with Gasteiger partial charge in [0.25, 0.3) is 0 Å². The summed E-state index contributed by atoms with van der Waals surface area (Å²) >= 11 is 0. The lowest BCUT2D eigenvalue weighted by atomic mass is 10.1. The van der Waals surface area contributed by atoms with Gasteiger partial charge in [0.2, 0.25) is 0 Å². The van der Waals surface area contributed by atoms with E-state index in [1.807, 2.05) is 26.1 Å². The number of aromatic nitrogens is 1. The molecule has 2 aromatic rings. The molecule has 0 aliphatic carbocycles. The molecule has 0 radical (unpaired) electrons. The van der Waals surface area contributed by atoms with Crippen molar-refractivity contribution in [3.8, 4) is 5.75 Å². The summed E-state index contributed by atoms with van der Waals surface area (Å²) in [7, 11) is 1.84. The first-order valence-corrected chi connectivity index (χ1v) is 9.49. The number of benzene rings is 1. The number of rotatable bonds is 6. The molecule has 1 fully saturated rings. The number of guanidine groups is 1. The van der Waals surface area contributed by atoms with Crippen molar-refractivity contribution in [3.63, 3.8) is 0 Å². The molecule has 0 saturated carbocycles. The minimum Gasteiger partial charge on any atom is -0.494 e. The molecule has 3 rings (SSSR count). The van der Waals surface area contributed by atoms with Crippen molar-refractivity contribution in [3.05, 3.63) is 47.3 Å². The molecule has 7 nitrogen and oxygen atoms in total. The Bertz CT molecular complexity index is 743. The second-order valence-electron chi connectivity index (χ2n) is 6.69. The summed E-state index contributed by atoms with van der Waals surface area (Å²) in [6.45, 7) is 10.2. The quantitative estimate of drug-likeness (QED) is 0.375. The zero-order chi connectivity index (χ0) is 19.1. The van der Waals surface area contributed by atoms with E-state index in [0.29, 0.717) is 6.61 Å². The van der Waals surface area contributed by atoms with Gasteiger partial charge in [0.05, 0.1) is 12.3 Å². The van der Waals surface area contributed by atoms with Crippen LogP contribution >= 0.6 is 24.0 Å². The Morgan fingerprint density at radius 3 is 2.64 bits per heavy atom. The molecule has 1 aliphatic heterocycles. The lowest BCUT2D eigenvalue weighted by molar-refractivity contribution is 0.169. The minimum absolute atomic E-state index is 0. The molecule has 2 heterocycles. The average Bonchev–Trinajstić information content (AvgIpc) is 3.19. The van der Waals surface area contributed by atoms with Gasteiger partial charge in [-0.25, -0.2) is 0 Å². The summed E-state index contributed by atoms with van der Waals surface area (Å²) in [5, 5.41) is 7.48. The molecule has 1 saturated heterocycles. The Morgan fingerprint density at radius 2 is 2.04 bits per heavy atom. The summed E-state index contributed by atoms with van der Waals surface area (Å²) in [6, 6.07) is 8.24. The summed E-state index contributed by atoms with van der Waals surface area (Å²) < 4.78 is 10.5. The SMILES string of the molecule is CCOc1ccc(CNC(=NC)N2CCN(Cc3ccon3)CC2)cc1C.I. The zero-order valence-corrected chi connectivity index (χ0v) is 19.2. The smallest absolute Gasteiger partial charge is 0.194 e. The third-order valence-corrected chi connectivity index (χ3v) is 4.75. The van der Waals surface area contributed by atoms with Gasteiger partial charge >= 0.3 is 0 Å². The van der Waals surface area contributed by atoms with Crippen LogP contribution in [-0.2, 0) is 13.1 Å². The van der Waals surface area contributed by atoms with Crippen molar-refractivity contribution in [1.29, 1.82) is 0 Å². The summed E-state index contributed by atoms with van der Waals surface area (Å²) in [5.74, 6) is 1.90. The molecule has 1 aromatic carbocycles. The van der Waals surface area contributed by atoms with Crippen LogP contribution in [-0.4, -0.2) is 60.7 Å². The highest BCUT2D eigenvalue weighted by atomic mass is 127. The number of nitrogens with zero attached hydrogens (tertiary/aromatic N) is 4. The first kappa shape index (κ1) is 22.5. The van der Waals surface area contributed by atoms with Crippen molar-refractivity contribution in [2.24, 2.45) is 4.99 Å². The van der Waals surface area contributed by atoms with E-state index in [1.54, 1.807) is 6.26 Å². The van der Waals surface area contributed by atoms with Crippen LogP contribution in [0.2, 0.25) is 0 Å². The van der Waals surface area contributed by atoms with Crippen LogP contribution in [0.25, 0.3) is 0 Å². The normalized spacial score (nSPS) is 15.2. The number of nitrogens with one attached hydrogen (secondary N) is 1. The molecule has 0 spiro atoms. The van der Waals surface area contributed by atoms with Crippen molar-refractivity contribution in [2.75, 3.05) is 39.8 Å². The second-order valence-corrected chi connectivity index (χ2v) is 6.69. The van der Waals surface area contributed by atoms with Gasteiger partial charge in [-0.2, -0.15) is 0 Å². The van der Waals surface area contributed by atoms with Crippen molar-refractivity contribution in [1.82, 2.24) is 20.3 Å². The Kier molecular flexibility index (Phi) is 9.04. The zero-order valence-electron chi connectivity index (χ0n) is 16.9. The fourth-order valence-corrected chi connectivity index (χ4v) is 3.32. The van der Waals surface area contributed by atoms with E-state index in [9.17, 15) is 0 Å². The van der Waals surface area contributed by atoms with Gasteiger partial charge in [-0.1, -0.05) is 17.3 Å². The number of ether oxygens (including phenoxy) is 1. The summed E-state index contributed by atoms with van der Waals surface area (Å²) in [4.78, 5) is 9.15. The molecule has 0 unspecified atom stereocenters. The Morgan fingerprint density at radius 1 is 1.25 bits per heavy atom. The first-order valence-electron chi connectivity index (χ1n) is 9.49. The van der Waals surface area contributed by atoms with E-state index in [2.05, 4.69) is 44.3 Å². The molecule has 154 valence electrons. The van der Waals surface area contributed by atoms with E-state index < -0.39 is 0 Å². The van der Waals surface area contributed by atoms with Crippen LogP contribution in [0, 0.1) is 6.92 Å². The molecule has 1 aromatic heterocycles. The molecule has 0 atom stereocenters. The highest BCUT2D eigenvalue weighted by Gasteiger charge is 2.20. The van der Waals surface area contributed by atoms with E-state index >= 15 is 0 Å². The van der Waals surface area contributed by atoms with Crippen molar-refractivity contribution < 1.29 is 9.26 Å². The molecular formula is C20H30IN5O2. The number of piperazine rings is 1. The Balaban J connectivity index is 0.00000280. The van der Waals surface area contributed by atoms with Gasteiger partial charge in [-0.3, -0.25) is 9.89 Å². The molecule has 0 amide bonds. The lowest BCUT2D eigenvalue weighted by Gasteiger charge is -2.36. The molecule has 8 heteroatoms. The van der Waals surface area contributed by atoms with E-state index in [1.165, 1.54) is 5.56 Å². The number of hydrogen-bond acceptors (Lipinski definition) is 5. The van der Waals surface area contributed by atoms with E-state index in [-0.39, 0.29) is 24.0 Å². The number of halogens is 1. The molecule has 1 aliphatic rings. The van der Waals surface area contributed by atoms with Crippen LogP contribution in [0.15, 0.2) is 40.0 Å². The maximum absolute atomic E-state index is 5.61. The standard InChI is InChI=1S/C20H29N5O2.HI/c1-4-26-19-6-5-17(13-16(19)2)14-22-20(21-3)25-10-8-24(9-11-25)15-18-7-12-27-23-18;/h5-7,12-13H,4,8-11,14-15H2,1-3H3,(H,21,22);1H. The second kappa shape index (κ2) is 11.3. The monoisotopic (exact) mass is 499 g/mol. The van der Waals surface area contributed by atoms with Gasteiger partial charge in [-0.05, 0) is 31.0 Å². The maximum Gasteiger partial charge on any atom is 0.194 e. The van der Waals surface area contributed by atoms with Crippen LogP contribution < -0.4 is 10.1 Å². The fourth-order valence-electron chi connectivity index (χ4n) is 3.32. The highest BCUT2D eigenvalue weighted by Crippen LogP contribution is 2.19. The largest absolute Gasteiger partial charge is 0.494 e. The molecular weight excluding hydrogens is 469 g/mol. The Labute approximate surface area is 184 Å². The van der Waals surface area contributed by atoms with Gasteiger partial charge < -0.3 is 19.5 Å². The van der Waals surface area contributed by atoms with Crippen LogP contribution in [0.5, 0.6) is 5.75 Å². The van der Waals surface area contributed by atoms with Gasteiger partial charge in [0, 0.05) is 52.4 Å². The third kappa shape index (κ3) is 6.10. The van der Waals surface area contributed by atoms with Crippen LogP contribution in [0.1, 0.15) is 23.7 Å². The minimum atomic E-state index is 0. The first-order chi connectivity index (χ1) is 13.2. The third-order valence-electron chi connectivity index (χ3n) is 4.75. The van der Waals surface area contributed by atoms with E-state index in [4.69, 9.17) is 9.26 Å². The van der Waals surface area contributed by atoms with Gasteiger partial charge in [0.1, 0.15) is 12.0 Å². The van der Waals surface area contributed by atoms with E-state index in [0.717, 1.165) is 62.2 Å². The highest BCUT2D eigenvalue weighted by molar-refractivity contribution is 14.0.